The van der Waals surface area contributed by atoms with E-state index in [0.717, 1.165) is 27.1 Å². The van der Waals surface area contributed by atoms with Crippen molar-refractivity contribution in [3.05, 3.63) is 84.7 Å². The number of imidazole rings is 1. The van der Waals surface area contributed by atoms with E-state index in [2.05, 4.69) is 9.97 Å². The largest absolute Gasteiger partial charge is 0.480 e. The van der Waals surface area contributed by atoms with Crippen LogP contribution in [0.25, 0.3) is 22.2 Å². The topological polar surface area (TPSA) is 95.5 Å². The van der Waals surface area contributed by atoms with Crippen molar-refractivity contribution < 1.29 is 19.4 Å². The third kappa shape index (κ3) is 4.25. The Morgan fingerprint density at radius 2 is 1.61 bits per heavy atom. The lowest BCUT2D eigenvalue weighted by atomic mass is 10.0. The van der Waals surface area contributed by atoms with Gasteiger partial charge in [0.25, 0.3) is 0 Å². The molecule has 156 valence electrons. The number of amides is 1. The molecule has 0 aliphatic heterocycles. The van der Waals surface area contributed by atoms with Crippen LogP contribution in [-0.2, 0) is 16.0 Å². The summed E-state index contributed by atoms with van der Waals surface area (Å²) in [5.41, 5.74) is 3.95. The Morgan fingerprint density at radius 3 is 2.26 bits per heavy atom. The predicted molar refractivity (Wildman–Crippen MR) is 118 cm³/mol. The van der Waals surface area contributed by atoms with Gasteiger partial charge in [-0.05, 0) is 35.4 Å². The Labute approximate surface area is 178 Å². The van der Waals surface area contributed by atoms with Crippen molar-refractivity contribution in [2.45, 2.75) is 12.5 Å². The lowest BCUT2D eigenvalue weighted by Gasteiger charge is -2.27. The summed E-state index contributed by atoms with van der Waals surface area (Å²) in [5, 5.41) is 9.93. The number of carboxylic acid groups (broad SMARTS) is 1. The van der Waals surface area contributed by atoms with Gasteiger partial charge in [0, 0.05) is 12.1 Å². The monoisotopic (exact) mass is 415 g/mol. The van der Waals surface area contributed by atoms with E-state index in [1.54, 1.807) is 12.1 Å². The summed E-state index contributed by atoms with van der Waals surface area (Å²) in [5.74, 6) is -0.679. The van der Waals surface area contributed by atoms with Gasteiger partial charge in [-0.25, -0.2) is 14.6 Å². The number of fused-ring (bicyclic) bond motifs is 1. The Bertz CT molecular complexity index is 1170. The van der Waals surface area contributed by atoms with Crippen molar-refractivity contribution in [1.29, 1.82) is 0 Å². The zero-order chi connectivity index (χ0) is 21.8. The maximum absolute atomic E-state index is 12.6. The number of carbonyl (C=O) groups excluding carboxylic acids is 1. The number of aromatic amines is 1. The van der Waals surface area contributed by atoms with Crippen LogP contribution < -0.4 is 4.90 Å². The first-order valence-electron chi connectivity index (χ1n) is 9.76. The molecule has 4 rings (SSSR count). The van der Waals surface area contributed by atoms with Crippen molar-refractivity contribution in [2.24, 2.45) is 0 Å². The summed E-state index contributed by atoms with van der Waals surface area (Å²) >= 11 is 0. The quantitative estimate of drug-likeness (QED) is 0.483. The van der Waals surface area contributed by atoms with Gasteiger partial charge in [-0.3, -0.25) is 4.90 Å². The second-order valence-electron chi connectivity index (χ2n) is 7.01. The number of carbonyl (C=O) groups is 2. The molecule has 1 atom stereocenters. The molecule has 31 heavy (non-hydrogen) atoms. The molecular weight excluding hydrogens is 394 g/mol. The molecule has 0 saturated heterocycles. The summed E-state index contributed by atoms with van der Waals surface area (Å²) in [7, 11) is 1.23. The van der Waals surface area contributed by atoms with Gasteiger partial charge in [-0.2, -0.15) is 0 Å². The van der Waals surface area contributed by atoms with Crippen molar-refractivity contribution in [1.82, 2.24) is 9.97 Å². The third-order valence-corrected chi connectivity index (χ3v) is 5.05. The Balaban J connectivity index is 1.67. The lowest BCUT2D eigenvalue weighted by molar-refractivity contribution is -0.138. The van der Waals surface area contributed by atoms with Gasteiger partial charge >= 0.3 is 12.1 Å². The molecule has 0 aliphatic carbocycles. The number of aromatic nitrogens is 2. The summed E-state index contributed by atoms with van der Waals surface area (Å²) in [6, 6.07) is 23.1. The molecule has 0 aliphatic rings. The maximum Gasteiger partial charge on any atom is 0.414 e. The molecule has 0 bridgehead atoms. The SMILES string of the molecule is COC(=O)N(c1ccc(-c2ccccc2)cc1)[C@H](Cc1nc2ccccc2[nH]1)C(=O)O. The minimum atomic E-state index is -1.20. The van der Waals surface area contributed by atoms with Gasteiger partial charge in [0.1, 0.15) is 11.9 Å². The number of aliphatic carboxylic acids is 1. The average molecular weight is 415 g/mol. The number of para-hydroxylation sites is 2. The van der Waals surface area contributed by atoms with Gasteiger partial charge in [0.05, 0.1) is 18.1 Å². The highest BCUT2D eigenvalue weighted by atomic mass is 16.5. The Morgan fingerprint density at radius 1 is 0.968 bits per heavy atom. The predicted octanol–water partition coefficient (Wildman–Crippen LogP) is 4.50. The van der Waals surface area contributed by atoms with Crippen molar-refractivity contribution in [2.75, 3.05) is 12.0 Å². The number of rotatable bonds is 6. The number of benzene rings is 3. The maximum atomic E-state index is 12.6. The molecule has 7 nitrogen and oxygen atoms in total. The van der Waals surface area contributed by atoms with Gasteiger partial charge in [-0.1, -0.05) is 54.6 Å². The van der Waals surface area contributed by atoms with E-state index in [-0.39, 0.29) is 6.42 Å². The highest BCUT2D eigenvalue weighted by Crippen LogP contribution is 2.26. The third-order valence-electron chi connectivity index (χ3n) is 5.05. The van der Waals surface area contributed by atoms with E-state index in [9.17, 15) is 14.7 Å². The van der Waals surface area contributed by atoms with E-state index in [0.29, 0.717) is 11.5 Å². The van der Waals surface area contributed by atoms with Crippen LogP contribution in [0.5, 0.6) is 0 Å². The fourth-order valence-electron chi connectivity index (χ4n) is 3.53. The normalized spacial score (nSPS) is 11.8. The minimum Gasteiger partial charge on any atom is -0.480 e. The van der Waals surface area contributed by atoms with Crippen LogP contribution in [-0.4, -0.2) is 40.3 Å². The number of carboxylic acids is 1. The van der Waals surface area contributed by atoms with Crippen LogP contribution >= 0.6 is 0 Å². The smallest absolute Gasteiger partial charge is 0.414 e. The van der Waals surface area contributed by atoms with Crippen molar-refractivity contribution in [3.63, 3.8) is 0 Å². The Kier molecular flexibility index (Phi) is 5.66. The number of methoxy groups -OCH3 is 1. The van der Waals surface area contributed by atoms with E-state index in [1.807, 2.05) is 66.7 Å². The zero-order valence-electron chi connectivity index (χ0n) is 16.9. The first kappa shape index (κ1) is 20.2. The van der Waals surface area contributed by atoms with Crippen LogP contribution in [0.15, 0.2) is 78.9 Å². The number of hydrogen-bond donors (Lipinski definition) is 2. The van der Waals surface area contributed by atoms with E-state index in [1.165, 1.54) is 7.11 Å². The number of nitrogens with one attached hydrogen (secondary N) is 1. The van der Waals surface area contributed by atoms with Crippen LogP contribution in [0.4, 0.5) is 10.5 Å². The molecule has 4 aromatic rings. The van der Waals surface area contributed by atoms with E-state index in [4.69, 9.17) is 4.74 Å². The molecule has 7 heteroatoms. The van der Waals surface area contributed by atoms with Gasteiger partial charge in [-0.15, -0.1) is 0 Å². The molecule has 1 heterocycles. The van der Waals surface area contributed by atoms with E-state index < -0.39 is 18.1 Å². The standard InChI is InChI=1S/C24H21N3O4/c1-31-24(30)27(18-13-11-17(12-14-18)16-7-3-2-4-8-16)21(23(28)29)15-22-25-19-9-5-6-10-20(19)26-22/h2-14,21H,15H2,1H3,(H,25,26)(H,28,29)/t21-/m1/s1. The van der Waals surface area contributed by atoms with Gasteiger partial charge in [0.15, 0.2) is 0 Å². The van der Waals surface area contributed by atoms with Gasteiger partial charge < -0.3 is 14.8 Å². The molecule has 0 fully saturated rings. The molecule has 1 aromatic heterocycles. The van der Waals surface area contributed by atoms with Crippen LogP contribution in [0.3, 0.4) is 0 Å². The molecule has 2 N–H and O–H groups in total. The van der Waals surface area contributed by atoms with Crippen LogP contribution in [0.1, 0.15) is 5.82 Å². The number of ether oxygens (including phenoxy) is 1. The summed E-state index contributed by atoms with van der Waals surface area (Å²) in [4.78, 5) is 33.5. The second-order valence-corrected chi connectivity index (χ2v) is 7.01. The molecule has 1 amide bonds. The fourth-order valence-corrected chi connectivity index (χ4v) is 3.53. The Hall–Kier alpha value is -4.13. The highest BCUT2D eigenvalue weighted by Gasteiger charge is 2.33. The number of anilines is 1. The van der Waals surface area contributed by atoms with Gasteiger partial charge in [0.2, 0.25) is 0 Å². The number of hydrogen-bond acceptors (Lipinski definition) is 4. The molecule has 0 spiro atoms. The van der Waals surface area contributed by atoms with E-state index >= 15 is 0 Å². The summed E-state index contributed by atoms with van der Waals surface area (Å²) in [6.07, 6.45) is -0.754. The molecular formula is C24H21N3O4. The first-order chi connectivity index (χ1) is 15.1. The molecule has 0 unspecified atom stereocenters. The van der Waals surface area contributed by atoms with Crippen LogP contribution in [0, 0.1) is 0 Å². The van der Waals surface area contributed by atoms with Crippen molar-refractivity contribution in [3.8, 4) is 11.1 Å². The average Bonchev–Trinajstić information content (AvgIpc) is 3.22. The molecule has 0 saturated carbocycles. The first-order valence-corrected chi connectivity index (χ1v) is 9.76. The lowest BCUT2D eigenvalue weighted by Crippen LogP contribution is -2.47. The number of H-pyrrole nitrogens is 1. The summed E-state index contributed by atoms with van der Waals surface area (Å²) in [6.45, 7) is 0. The highest BCUT2D eigenvalue weighted by molar-refractivity contribution is 5.95. The fraction of sp³-hybridized carbons (Fsp3) is 0.125. The summed E-state index contributed by atoms with van der Waals surface area (Å²) < 4.78 is 4.90. The second kappa shape index (κ2) is 8.71. The molecule has 0 radical (unpaired) electrons. The van der Waals surface area contributed by atoms with Crippen LogP contribution in [0.2, 0.25) is 0 Å². The minimum absolute atomic E-state index is 0.000446. The number of nitrogens with zero attached hydrogens (tertiary/aromatic N) is 2. The van der Waals surface area contributed by atoms with Crippen molar-refractivity contribution >= 4 is 28.8 Å². The zero-order valence-corrected chi connectivity index (χ0v) is 16.9. The molecule has 3 aromatic carbocycles.